The summed E-state index contributed by atoms with van der Waals surface area (Å²) in [5.41, 5.74) is -2.84. The summed E-state index contributed by atoms with van der Waals surface area (Å²) in [6.07, 6.45) is 9.56. The van der Waals surface area contributed by atoms with Crippen LogP contribution in [0.15, 0.2) is 23.3 Å². The van der Waals surface area contributed by atoms with Gasteiger partial charge in [-0.25, -0.2) is 0 Å². The van der Waals surface area contributed by atoms with Gasteiger partial charge in [0.2, 0.25) is 0 Å². The minimum absolute atomic E-state index is 0.0133. The number of ketones is 2. The van der Waals surface area contributed by atoms with E-state index in [1.165, 1.54) is 0 Å². The molecule has 0 aromatic heterocycles. The van der Waals surface area contributed by atoms with E-state index >= 15 is 0 Å². The Kier molecular flexibility index (Phi) is 5.79. The number of aliphatic hydroxyl groups is 2. The summed E-state index contributed by atoms with van der Waals surface area (Å²) in [5, 5.41) is 33.1. The lowest BCUT2D eigenvalue weighted by Crippen LogP contribution is -2.75. The maximum absolute atomic E-state index is 14.6. The minimum atomic E-state index is -1.49. The predicted octanol–water partition coefficient (Wildman–Crippen LogP) is 5.00. The first-order valence-corrected chi connectivity index (χ1v) is 15.5. The molecule has 2 N–H and O–H groups in total. The maximum atomic E-state index is 14.6. The molecule has 6 nitrogen and oxygen atoms in total. The lowest BCUT2D eigenvalue weighted by molar-refractivity contribution is -0.250. The van der Waals surface area contributed by atoms with Crippen molar-refractivity contribution in [3.05, 3.63) is 23.3 Å². The van der Waals surface area contributed by atoms with Gasteiger partial charge in [-0.3, -0.25) is 14.5 Å². The van der Waals surface area contributed by atoms with Gasteiger partial charge in [-0.15, -0.1) is 0 Å². The monoisotopic (exact) mass is 548 g/mol. The number of allylic oxidation sites excluding steroid dienone is 3. The van der Waals surface area contributed by atoms with E-state index in [0.717, 1.165) is 57.1 Å². The van der Waals surface area contributed by atoms with Crippen LogP contribution < -0.4 is 0 Å². The molecular formula is C34H48N2O4. The van der Waals surface area contributed by atoms with Crippen LogP contribution in [0.1, 0.15) is 93.4 Å². The smallest absolute Gasteiger partial charge is 0.188 e. The Morgan fingerprint density at radius 2 is 1.62 bits per heavy atom. The standard InChI is InChI=1S/C34H48N2O4/c1-28(2)10-12-33(20-36-18-22(37)19-36)13-11-32(7)31(6)9-8-23-29(3,4)27(39)21(17-35)15-30(23,5)24(31)14-26(38)34(32,40)25(33)16-28/h14-15,22-23,25,37,40H,8-13,16,18-20H2,1-7H3/t23-,25+,30-,31+,32-,33+,34?/m0/s1. The van der Waals surface area contributed by atoms with E-state index in [9.17, 15) is 25.1 Å². The van der Waals surface area contributed by atoms with Crippen molar-refractivity contribution in [2.24, 2.45) is 44.3 Å². The fourth-order valence-electron chi connectivity index (χ4n) is 11.1. The summed E-state index contributed by atoms with van der Waals surface area (Å²) in [6.45, 7) is 17.2. The van der Waals surface area contributed by atoms with Crippen LogP contribution in [-0.4, -0.2) is 58.0 Å². The zero-order chi connectivity index (χ0) is 29.3. The number of carbonyl (C=O) groups excluding carboxylic acids is 2. The summed E-state index contributed by atoms with van der Waals surface area (Å²) in [4.78, 5) is 30.2. The van der Waals surface area contributed by atoms with E-state index in [1.807, 2.05) is 19.9 Å². The van der Waals surface area contributed by atoms with E-state index in [-0.39, 0.29) is 45.9 Å². The lowest BCUT2D eigenvalue weighted by Gasteiger charge is -2.72. The van der Waals surface area contributed by atoms with E-state index in [2.05, 4.69) is 45.6 Å². The average Bonchev–Trinajstić information content (AvgIpc) is 2.85. The number of carbonyl (C=O) groups is 2. The average molecular weight is 549 g/mol. The number of Topliss-reactive ketones (excluding diaryl/α,β-unsaturated/α-hetero) is 1. The molecule has 0 aromatic rings. The third kappa shape index (κ3) is 3.26. The summed E-state index contributed by atoms with van der Waals surface area (Å²) in [5.74, 6) is -0.459. The third-order valence-corrected chi connectivity index (χ3v) is 13.7. The van der Waals surface area contributed by atoms with E-state index in [1.54, 1.807) is 6.08 Å². The van der Waals surface area contributed by atoms with E-state index in [0.29, 0.717) is 13.1 Å². The summed E-state index contributed by atoms with van der Waals surface area (Å²) in [7, 11) is 0. The molecule has 0 bridgehead atoms. The van der Waals surface area contributed by atoms with Crippen LogP contribution in [0.25, 0.3) is 0 Å². The highest BCUT2D eigenvalue weighted by Crippen LogP contribution is 2.75. The molecule has 3 saturated carbocycles. The second-order valence-electron chi connectivity index (χ2n) is 16.6. The SMILES string of the molecule is CC1(C)CC[C@]2(CN3CC(O)C3)CC[C@]3(C)C(O)(C(=O)C=C4[C@@]5(C)C=C(C#N)C(=O)C(C)(C)[C@@H]5CC[C@]43C)[C@@H]2C1. The van der Waals surface area contributed by atoms with Crippen LogP contribution in [0.3, 0.4) is 0 Å². The molecule has 0 spiro atoms. The Labute approximate surface area is 239 Å². The van der Waals surface area contributed by atoms with Crippen LogP contribution in [0.4, 0.5) is 0 Å². The van der Waals surface area contributed by atoms with Crippen LogP contribution in [0, 0.1) is 55.7 Å². The zero-order valence-corrected chi connectivity index (χ0v) is 25.6. The van der Waals surface area contributed by atoms with Crippen molar-refractivity contribution in [3.8, 4) is 6.07 Å². The molecule has 40 heavy (non-hydrogen) atoms. The molecule has 6 aliphatic rings. The van der Waals surface area contributed by atoms with Gasteiger partial charge in [0.05, 0.1) is 11.7 Å². The number of β-amino-alcohol motifs (C(OH)–C–C–N with tert-alkyl or cyclic N) is 1. The summed E-state index contributed by atoms with van der Waals surface area (Å²) < 4.78 is 0. The molecule has 1 saturated heterocycles. The van der Waals surface area contributed by atoms with Gasteiger partial charge >= 0.3 is 0 Å². The van der Waals surface area contributed by atoms with Gasteiger partial charge in [-0.1, -0.05) is 54.5 Å². The van der Waals surface area contributed by atoms with Crippen molar-refractivity contribution >= 4 is 11.6 Å². The maximum Gasteiger partial charge on any atom is 0.188 e. The van der Waals surface area contributed by atoms with Gasteiger partial charge in [0.15, 0.2) is 11.6 Å². The highest BCUT2D eigenvalue weighted by Gasteiger charge is 2.75. The fraction of sp³-hybridized carbons (Fsp3) is 0.794. The van der Waals surface area contributed by atoms with Crippen molar-refractivity contribution in [2.45, 2.75) is 105 Å². The van der Waals surface area contributed by atoms with Crippen molar-refractivity contribution in [2.75, 3.05) is 19.6 Å². The van der Waals surface area contributed by atoms with Gasteiger partial charge in [0.1, 0.15) is 11.7 Å². The normalized spacial score (nSPS) is 47.9. The predicted molar refractivity (Wildman–Crippen MR) is 153 cm³/mol. The number of fused-ring (bicyclic) bond motifs is 7. The van der Waals surface area contributed by atoms with Gasteiger partial charge in [0, 0.05) is 41.8 Å². The topological polar surface area (TPSA) is 102 Å². The Balaban J connectivity index is 1.51. The molecule has 5 aliphatic carbocycles. The molecule has 6 rings (SSSR count). The van der Waals surface area contributed by atoms with Crippen LogP contribution >= 0.6 is 0 Å². The number of aliphatic hydroxyl groups excluding tert-OH is 1. The van der Waals surface area contributed by atoms with Gasteiger partial charge in [0.25, 0.3) is 0 Å². The number of nitrogens with zero attached hydrogens (tertiary/aromatic N) is 2. The molecule has 7 atom stereocenters. The van der Waals surface area contributed by atoms with E-state index in [4.69, 9.17) is 0 Å². The first-order chi connectivity index (χ1) is 18.4. The van der Waals surface area contributed by atoms with Gasteiger partial charge in [-0.2, -0.15) is 5.26 Å². The Morgan fingerprint density at radius 3 is 2.25 bits per heavy atom. The molecule has 0 aromatic carbocycles. The highest BCUT2D eigenvalue weighted by molar-refractivity contribution is 6.05. The first kappa shape index (κ1) is 28.3. The Bertz CT molecular complexity index is 1280. The Morgan fingerprint density at radius 1 is 0.975 bits per heavy atom. The number of rotatable bonds is 2. The summed E-state index contributed by atoms with van der Waals surface area (Å²) in [6, 6.07) is 2.17. The van der Waals surface area contributed by atoms with Gasteiger partial charge < -0.3 is 10.2 Å². The molecule has 0 radical (unpaired) electrons. The largest absolute Gasteiger partial charge is 0.390 e. The van der Waals surface area contributed by atoms with E-state index < -0.39 is 27.3 Å². The molecule has 218 valence electrons. The molecule has 6 heteroatoms. The van der Waals surface area contributed by atoms with Crippen LogP contribution in [-0.2, 0) is 9.59 Å². The van der Waals surface area contributed by atoms with Gasteiger partial charge in [-0.05, 0) is 78.8 Å². The molecule has 4 fully saturated rings. The summed E-state index contributed by atoms with van der Waals surface area (Å²) >= 11 is 0. The molecule has 1 aliphatic heterocycles. The zero-order valence-electron chi connectivity index (χ0n) is 25.6. The minimum Gasteiger partial charge on any atom is -0.390 e. The molecule has 1 heterocycles. The molecule has 1 unspecified atom stereocenters. The molecule has 0 amide bonds. The number of likely N-dealkylation sites (tertiary alicyclic amines) is 1. The quantitative estimate of drug-likeness (QED) is 0.504. The van der Waals surface area contributed by atoms with Crippen molar-refractivity contribution in [1.29, 1.82) is 5.26 Å². The van der Waals surface area contributed by atoms with Crippen molar-refractivity contribution in [1.82, 2.24) is 4.90 Å². The molecular weight excluding hydrogens is 500 g/mol. The highest BCUT2D eigenvalue weighted by atomic mass is 16.3. The van der Waals surface area contributed by atoms with Crippen LogP contribution in [0.5, 0.6) is 0 Å². The number of nitriles is 1. The first-order valence-electron chi connectivity index (χ1n) is 15.5. The number of hydrogen-bond donors (Lipinski definition) is 2. The fourth-order valence-corrected chi connectivity index (χ4v) is 11.1. The van der Waals surface area contributed by atoms with Crippen LogP contribution in [0.2, 0.25) is 0 Å². The second kappa shape index (κ2) is 8.17. The number of hydrogen-bond acceptors (Lipinski definition) is 6. The van der Waals surface area contributed by atoms with Crippen molar-refractivity contribution < 1.29 is 19.8 Å². The third-order valence-electron chi connectivity index (χ3n) is 13.7. The lowest BCUT2D eigenvalue weighted by atomic mass is 9.32. The second-order valence-corrected chi connectivity index (χ2v) is 16.6. The van der Waals surface area contributed by atoms with Crippen molar-refractivity contribution in [3.63, 3.8) is 0 Å². The Hall–Kier alpha value is -1.81.